The second-order valence-electron chi connectivity index (χ2n) is 8.51. The summed E-state index contributed by atoms with van der Waals surface area (Å²) in [5.41, 5.74) is -0.00938. The van der Waals surface area contributed by atoms with Gasteiger partial charge in [0.15, 0.2) is 6.29 Å². The van der Waals surface area contributed by atoms with Gasteiger partial charge in [-0.15, -0.1) is 0 Å². The van der Waals surface area contributed by atoms with Gasteiger partial charge in [-0.1, -0.05) is 41.5 Å². The molecule has 2 saturated heterocycles. The van der Waals surface area contributed by atoms with Gasteiger partial charge < -0.3 is 14.2 Å². The summed E-state index contributed by atoms with van der Waals surface area (Å²) in [6.45, 7) is 20.1. The second-order valence-corrected chi connectivity index (χ2v) is 8.51. The highest BCUT2D eigenvalue weighted by atomic mass is 16.7. The fraction of sp³-hybridized carbons (Fsp3) is 1.00. The van der Waals surface area contributed by atoms with Crippen molar-refractivity contribution >= 4 is 0 Å². The summed E-state index contributed by atoms with van der Waals surface area (Å²) in [5.74, 6) is 1.98. The van der Waals surface area contributed by atoms with Crippen LogP contribution < -0.4 is 0 Å². The third-order valence-electron chi connectivity index (χ3n) is 6.88. The highest BCUT2D eigenvalue weighted by Crippen LogP contribution is 2.44. The molecular formula is C19H36O3. The van der Waals surface area contributed by atoms with Crippen molar-refractivity contribution in [2.45, 2.75) is 93.0 Å². The quantitative estimate of drug-likeness (QED) is 0.751. The number of ether oxygens (including phenoxy) is 3. The maximum atomic E-state index is 6.60. The van der Waals surface area contributed by atoms with Crippen molar-refractivity contribution in [2.75, 3.05) is 0 Å². The van der Waals surface area contributed by atoms with Gasteiger partial charge in [-0.3, -0.25) is 0 Å². The molecule has 2 aliphatic rings. The van der Waals surface area contributed by atoms with Gasteiger partial charge in [-0.2, -0.15) is 0 Å². The van der Waals surface area contributed by atoms with Crippen molar-refractivity contribution in [3.8, 4) is 0 Å². The molecule has 0 bridgehead atoms. The molecule has 9 atom stereocenters. The van der Waals surface area contributed by atoms with E-state index in [0.717, 1.165) is 0 Å². The van der Waals surface area contributed by atoms with Crippen LogP contribution in [0, 0.1) is 29.1 Å². The van der Waals surface area contributed by atoms with Gasteiger partial charge in [-0.05, 0) is 32.6 Å². The molecule has 2 aliphatic heterocycles. The Morgan fingerprint density at radius 3 is 1.82 bits per heavy atom. The first-order chi connectivity index (χ1) is 10.1. The number of rotatable bonds is 2. The molecule has 22 heavy (non-hydrogen) atoms. The van der Waals surface area contributed by atoms with E-state index >= 15 is 0 Å². The molecule has 3 heteroatoms. The third kappa shape index (κ3) is 3.09. The third-order valence-corrected chi connectivity index (χ3v) is 6.88. The van der Waals surface area contributed by atoms with E-state index in [-0.39, 0.29) is 36.1 Å². The fourth-order valence-corrected chi connectivity index (χ4v) is 3.99. The largest absolute Gasteiger partial charge is 0.375 e. The van der Waals surface area contributed by atoms with Gasteiger partial charge in [0.1, 0.15) is 0 Å². The molecule has 0 saturated carbocycles. The van der Waals surface area contributed by atoms with Crippen molar-refractivity contribution in [3.63, 3.8) is 0 Å². The highest BCUT2D eigenvalue weighted by molar-refractivity contribution is 4.95. The maximum absolute atomic E-state index is 6.60. The number of hydrogen-bond donors (Lipinski definition) is 0. The van der Waals surface area contributed by atoms with E-state index in [0.29, 0.717) is 23.7 Å². The Morgan fingerprint density at radius 1 is 0.682 bits per heavy atom. The molecule has 2 heterocycles. The van der Waals surface area contributed by atoms with E-state index in [1.807, 2.05) is 0 Å². The second kappa shape index (κ2) is 6.41. The van der Waals surface area contributed by atoms with Crippen LogP contribution in [0.4, 0.5) is 0 Å². The first-order valence-electron chi connectivity index (χ1n) is 9.03. The molecular weight excluding hydrogens is 276 g/mol. The minimum absolute atomic E-state index is 0.00938. The van der Waals surface area contributed by atoms with Crippen LogP contribution in [-0.2, 0) is 14.2 Å². The van der Waals surface area contributed by atoms with Crippen molar-refractivity contribution in [3.05, 3.63) is 0 Å². The highest BCUT2D eigenvalue weighted by Gasteiger charge is 2.49. The minimum Gasteiger partial charge on any atom is -0.375 e. The van der Waals surface area contributed by atoms with E-state index in [2.05, 4.69) is 62.3 Å². The zero-order chi connectivity index (χ0) is 16.8. The summed E-state index contributed by atoms with van der Waals surface area (Å²) in [7, 11) is 0. The van der Waals surface area contributed by atoms with E-state index in [1.165, 1.54) is 0 Å². The molecule has 9 unspecified atom stereocenters. The lowest BCUT2D eigenvalue weighted by Crippen LogP contribution is -2.57. The van der Waals surface area contributed by atoms with Gasteiger partial charge in [0.05, 0.1) is 24.4 Å². The lowest BCUT2D eigenvalue weighted by atomic mass is 9.72. The Morgan fingerprint density at radius 2 is 1.23 bits per heavy atom. The molecule has 0 aromatic carbocycles. The summed E-state index contributed by atoms with van der Waals surface area (Å²) in [6, 6.07) is 0. The average molecular weight is 312 g/mol. The molecule has 0 aliphatic carbocycles. The smallest absolute Gasteiger partial charge is 0.161 e. The molecule has 0 amide bonds. The van der Waals surface area contributed by atoms with Crippen LogP contribution >= 0.6 is 0 Å². The molecule has 0 spiro atoms. The van der Waals surface area contributed by atoms with Crippen LogP contribution in [0.1, 0.15) is 62.3 Å². The van der Waals surface area contributed by atoms with Crippen molar-refractivity contribution in [2.24, 2.45) is 29.1 Å². The molecule has 2 rings (SSSR count). The zero-order valence-electron chi connectivity index (χ0n) is 15.9. The van der Waals surface area contributed by atoms with Crippen molar-refractivity contribution in [1.82, 2.24) is 0 Å². The van der Waals surface area contributed by atoms with Crippen LogP contribution in [0.2, 0.25) is 0 Å². The molecule has 0 aromatic rings. The van der Waals surface area contributed by atoms with Gasteiger partial charge in [0, 0.05) is 17.3 Å². The van der Waals surface area contributed by atoms with Crippen LogP contribution in [0.25, 0.3) is 0 Å². The molecule has 2 fully saturated rings. The topological polar surface area (TPSA) is 27.7 Å². The average Bonchev–Trinajstić information content (AvgIpc) is 2.44. The van der Waals surface area contributed by atoms with E-state index in [1.54, 1.807) is 0 Å². The predicted octanol–water partition coefficient (Wildman–Crippen LogP) is 4.49. The first kappa shape index (κ1) is 18.2. The van der Waals surface area contributed by atoms with Gasteiger partial charge >= 0.3 is 0 Å². The molecule has 0 radical (unpaired) electrons. The summed E-state index contributed by atoms with van der Waals surface area (Å²) in [6.07, 6.45) is 0.721. The Labute approximate surface area is 137 Å². The van der Waals surface area contributed by atoms with Gasteiger partial charge in [0.2, 0.25) is 0 Å². The van der Waals surface area contributed by atoms with Crippen LogP contribution in [0.3, 0.4) is 0 Å². The fourth-order valence-electron chi connectivity index (χ4n) is 3.99. The molecule has 0 aromatic heterocycles. The van der Waals surface area contributed by atoms with Gasteiger partial charge in [-0.25, -0.2) is 0 Å². The summed E-state index contributed by atoms with van der Waals surface area (Å²) in [4.78, 5) is 0. The SMILES string of the molecule is CC1OC(OC2C(C)C(C)OC(C)C2(C)C)C(C)C(C)C1C. The standard InChI is InChI=1S/C19H36O3/c1-10-11(2)14(5)21-18(12(10)3)22-17-13(4)15(6)20-16(7)19(17,8)9/h10-18H,1-9H3. The Kier molecular flexibility index (Phi) is 5.31. The maximum Gasteiger partial charge on any atom is 0.161 e. The van der Waals surface area contributed by atoms with Crippen LogP contribution in [0.15, 0.2) is 0 Å². The normalized spacial score (nSPS) is 52.5. The predicted molar refractivity (Wildman–Crippen MR) is 89.7 cm³/mol. The Balaban J connectivity index is 2.16. The molecule has 3 nitrogen and oxygen atoms in total. The van der Waals surface area contributed by atoms with E-state index in [9.17, 15) is 0 Å². The number of hydrogen-bond acceptors (Lipinski definition) is 3. The first-order valence-corrected chi connectivity index (χ1v) is 9.03. The Bertz CT molecular complexity index is 381. The van der Waals surface area contributed by atoms with E-state index in [4.69, 9.17) is 14.2 Å². The minimum atomic E-state index is -0.106. The van der Waals surface area contributed by atoms with Crippen molar-refractivity contribution in [1.29, 1.82) is 0 Å². The molecule has 0 N–H and O–H groups in total. The van der Waals surface area contributed by atoms with Crippen molar-refractivity contribution < 1.29 is 14.2 Å². The monoisotopic (exact) mass is 312 g/mol. The molecule has 130 valence electrons. The van der Waals surface area contributed by atoms with Crippen LogP contribution in [0.5, 0.6) is 0 Å². The van der Waals surface area contributed by atoms with E-state index < -0.39 is 0 Å². The summed E-state index contributed by atoms with van der Waals surface area (Å²) >= 11 is 0. The van der Waals surface area contributed by atoms with Crippen LogP contribution in [-0.4, -0.2) is 30.7 Å². The summed E-state index contributed by atoms with van der Waals surface area (Å²) in [5, 5.41) is 0. The lowest BCUT2D eigenvalue weighted by molar-refractivity contribution is -0.306. The summed E-state index contributed by atoms with van der Waals surface area (Å²) < 4.78 is 18.9. The zero-order valence-corrected chi connectivity index (χ0v) is 15.9. The lowest BCUT2D eigenvalue weighted by Gasteiger charge is -2.52. The van der Waals surface area contributed by atoms with Gasteiger partial charge in [0.25, 0.3) is 0 Å². The Hall–Kier alpha value is -0.120.